The number of benzene rings is 1. The number of hydrogen-bond donors (Lipinski definition) is 1. The van der Waals surface area contributed by atoms with Gasteiger partial charge in [-0.2, -0.15) is 0 Å². The molecule has 0 radical (unpaired) electrons. The van der Waals surface area contributed by atoms with E-state index in [4.69, 9.17) is 5.41 Å². The molecule has 1 aliphatic carbocycles. The van der Waals surface area contributed by atoms with Crippen LogP contribution in [0.3, 0.4) is 0 Å². The van der Waals surface area contributed by atoms with Crippen LogP contribution >= 0.6 is 11.8 Å². The number of rotatable bonds is 3. The van der Waals surface area contributed by atoms with Crippen LogP contribution in [0, 0.1) is 5.41 Å². The fourth-order valence-corrected chi connectivity index (χ4v) is 2.56. The van der Waals surface area contributed by atoms with Gasteiger partial charge in [-0.15, -0.1) is 10.2 Å². The summed E-state index contributed by atoms with van der Waals surface area (Å²) in [5, 5.41) is 15.6. The van der Waals surface area contributed by atoms with Gasteiger partial charge in [0.15, 0.2) is 0 Å². The fourth-order valence-electron chi connectivity index (χ4n) is 1.96. The summed E-state index contributed by atoms with van der Waals surface area (Å²) < 4.78 is 0. The molecule has 0 bridgehead atoms. The number of hydrogen-bond acceptors (Lipinski definition) is 3. The second-order valence-corrected chi connectivity index (χ2v) is 5.86. The molecule has 0 saturated heterocycles. The second-order valence-electron chi connectivity index (χ2n) is 4.90. The molecule has 0 saturated carbocycles. The number of thioether (sulfide) groups is 1. The van der Waals surface area contributed by atoms with Crippen molar-refractivity contribution in [3.05, 3.63) is 53.6 Å². The number of azo groups is 1. The van der Waals surface area contributed by atoms with Gasteiger partial charge in [-0.3, -0.25) is 10.4 Å². The molecule has 0 aliphatic heterocycles. The molecule has 2 rings (SSSR count). The number of aliphatic imine (C=N–C) groups is 1. The number of allylic oxidation sites excluding steroid dienone is 4. The van der Waals surface area contributed by atoms with E-state index in [9.17, 15) is 0 Å². The van der Waals surface area contributed by atoms with Crippen molar-refractivity contribution in [1.82, 2.24) is 0 Å². The van der Waals surface area contributed by atoms with Crippen molar-refractivity contribution in [2.75, 3.05) is 7.05 Å². The molecule has 0 unspecified atom stereocenters. The monoisotopic (exact) mass is 312 g/mol. The Morgan fingerprint density at radius 1 is 1.18 bits per heavy atom. The molecular weight excluding hydrogens is 292 g/mol. The SMILES string of the molecule is CN=C(C)N=NC(=N)SCc1ccc(C2=CCCC=C2)cc1. The van der Waals surface area contributed by atoms with Crippen molar-refractivity contribution >= 4 is 28.3 Å². The maximum atomic E-state index is 7.74. The summed E-state index contributed by atoms with van der Waals surface area (Å²) in [5.41, 5.74) is 3.71. The van der Waals surface area contributed by atoms with Gasteiger partial charge in [-0.05, 0) is 36.5 Å². The minimum absolute atomic E-state index is 0.199. The lowest BCUT2D eigenvalue weighted by atomic mass is 9.99. The average molecular weight is 312 g/mol. The average Bonchev–Trinajstić information content (AvgIpc) is 2.59. The van der Waals surface area contributed by atoms with Crippen LogP contribution in [0.2, 0.25) is 0 Å². The maximum Gasteiger partial charge on any atom is 0.202 e. The van der Waals surface area contributed by atoms with Gasteiger partial charge in [0.25, 0.3) is 0 Å². The van der Waals surface area contributed by atoms with Gasteiger partial charge in [-0.1, -0.05) is 54.3 Å². The normalized spacial score (nSPS) is 15.2. The number of nitrogens with one attached hydrogen (secondary N) is 1. The molecule has 1 aliphatic rings. The van der Waals surface area contributed by atoms with Crippen molar-refractivity contribution in [2.24, 2.45) is 15.2 Å². The molecule has 5 heteroatoms. The van der Waals surface area contributed by atoms with E-state index in [-0.39, 0.29) is 5.17 Å². The molecule has 114 valence electrons. The smallest absolute Gasteiger partial charge is 0.202 e. The lowest BCUT2D eigenvalue weighted by Crippen LogP contribution is -1.90. The standard InChI is InChI=1S/C17H20N4S/c1-13(19-2)20-21-17(18)22-12-14-8-10-16(11-9-14)15-6-4-3-5-7-15/h4,6-11,18H,3,5,12H2,1-2H3. The van der Waals surface area contributed by atoms with Crippen molar-refractivity contribution in [3.8, 4) is 0 Å². The van der Waals surface area contributed by atoms with Gasteiger partial charge >= 0.3 is 0 Å². The predicted molar refractivity (Wildman–Crippen MR) is 95.7 cm³/mol. The largest absolute Gasteiger partial charge is 0.275 e. The quantitative estimate of drug-likeness (QED) is 0.472. The van der Waals surface area contributed by atoms with E-state index in [1.165, 1.54) is 28.5 Å². The Kier molecular flexibility index (Phi) is 6.27. The molecule has 1 aromatic rings. The Morgan fingerprint density at radius 3 is 2.59 bits per heavy atom. The summed E-state index contributed by atoms with van der Waals surface area (Å²) in [5.74, 6) is 1.29. The van der Waals surface area contributed by atoms with E-state index in [2.05, 4.69) is 57.7 Å². The number of nitrogens with zero attached hydrogens (tertiary/aromatic N) is 3. The minimum atomic E-state index is 0.199. The lowest BCUT2D eigenvalue weighted by Gasteiger charge is -2.08. The van der Waals surface area contributed by atoms with Crippen LogP contribution in [-0.4, -0.2) is 18.1 Å². The summed E-state index contributed by atoms with van der Waals surface area (Å²) in [6, 6.07) is 8.48. The van der Waals surface area contributed by atoms with E-state index in [1.807, 2.05) is 0 Å². The van der Waals surface area contributed by atoms with Gasteiger partial charge in [-0.25, -0.2) is 0 Å². The molecule has 0 heterocycles. The van der Waals surface area contributed by atoms with Crippen LogP contribution in [-0.2, 0) is 5.75 Å². The first-order valence-corrected chi connectivity index (χ1v) is 8.20. The second kappa shape index (κ2) is 8.44. The molecule has 4 nitrogen and oxygen atoms in total. The van der Waals surface area contributed by atoms with E-state index >= 15 is 0 Å². The first kappa shape index (κ1) is 16.4. The summed E-state index contributed by atoms with van der Waals surface area (Å²) in [7, 11) is 1.66. The zero-order valence-corrected chi connectivity index (χ0v) is 13.7. The summed E-state index contributed by atoms with van der Waals surface area (Å²) >= 11 is 1.36. The van der Waals surface area contributed by atoms with Crippen LogP contribution in [0.15, 0.2) is 57.7 Å². The first-order chi connectivity index (χ1) is 10.7. The lowest BCUT2D eigenvalue weighted by molar-refractivity contribution is 1.04. The van der Waals surface area contributed by atoms with Crippen LogP contribution < -0.4 is 0 Å². The van der Waals surface area contributed by atoms with Crippen molar-refractivity contribution < 1.29 is 0 Å². The Labute approximate surface area is 135 Å². The maximum absolute atomic E-state index is 7.74. The molecule has 0 aromatic heterocycles. The van der Waals surface area contributed by atoms with Crippen LogP contribution in [0.4, 0.5) is 0 Å². The van der Waals surface area contributed by atoms with Gasteiger partial charge in [0.2, 0.25) is 5.17 Å². The molecule has 0 atom stereocenters. The van der Waals surface area contributed by atoms with Crippen LogP contribution in [0.1, 0.15) is 30.9 Å². The Bertz CT molecular complexity index is 639. The highest BCUT2D eigenvalue weighted by Crippen LogP contribution is 2.23. The highest BCUT2D eigenvalue weighted by atomic mass is 32.2. The van der Waals surface area contributed by atoms with E-state index < -0.39 is 0 Å². The van der Waals surface area contributed by atoms with Crippen molar-refractivity contribution in [2.45, 2.75) is 25.5 Å². The Morgan fingerprint density at radius 2 is 1.95 bits per heavy atom. The fraction of sp³-hybridized carbons (Fsp3) is 0.294. The Balaban J connectivity index is 1.89. The zero-order valence-electron chi connectivity index (χ0n) is 12.9. The van der Waals surface area contributed by atoms with E-state index in [1.54, 1.807) is 14.0 Å². The third-order valence-corrected chi connectivity index (χ3v) is 4.10. The molecule has 22 heavy (non-hydrogen) atoms. The van der Waals surface area contributed by atoms with Gasteiger partial charge in [0.1, 0.15) is 5.84 Å². The number of amidine groups is 2. The molecule has 0 spiro atoms. The highest BCUT2D eigenvalue weighted by molar-refractivity contribution is 8.13. The molecular formula is C17H20N4S. The van der Waals surface area contributed by atoms with Gasteiger partial charge in [0, 0.05) is 12.8 Å². The minimum Gasteiger partial charge on any atom is -0.275 e. The summed E-state index contributed by atoms with van der Waals surface area (Å²) in [4.78, 5) is 3.87. The summed E-state index contributed by atoms with van der Waals surface area (Å²) in [6.45, 7) is 1.76. The highest BCUT2D eigenvalue weighted by Gasteiger charge is 2.03. The van der Waals surface area contributed by atoms with Crippen LogP contribution in [0.5, 0.6) is 0 Å². The molecule has 1 aromatic carbocycles. The van der Waals surface area contributed by atoms with Crippen molar-refractivity contribution in [1.29, 1.82) is 5.41 Å². The predicted octanol–water partition coefficient (Wildman–Crippen LogP) is 5.09. The van der Waals surface area contributed by atoms with Crippen LogP contribution in [0.25, 0.3) is 5.57 Å². The zero-order chi connectivity index (χ0) is 15.8. The van der Waals surface area contributed by atoms with Gasteiger partial charge < -0.3 is 0 Å². The molecule has 1 N–H and O–H groups in total. The van der Waals surface area contributed by atoms with Gasteiger partial charge in [0.05, 0.1) is 0 Å². The van der Waals surface area contributed by atoms with E-state index in [0.717, 1.165) is 18.6 Å². The molecule has 0 amide bonds. The third-order valence-electron chi connectivity index (χ3n) is 3.27. The van der Waals surface area contributed by atoms with E-state index in [0.29, 0.717) is 5.84 Å². The van der Waals surface area contributed by atoms with Crippen molar-refractivity contribution in [3.63, 3.8) is 0 Å². The third kappa shape index (κ3) is 5.07. The Hall–Kier alpha value is -2.01. The topological polar surface area (TPSA) is 60.9 Å². The first-order valence-electron chi connectivity index (χ1n) is 7.21. The summed E-state index contributed by atoms with van der Waals surface area (Å²) in [6.07, 6.45) is 8.93. The molecule has 0 fully saturated rings.